The van der Waals surface area contributed by atoms with Crippen LogP contribution in [0.4, 0.5) is 0 Å². The molecule has 3 aromatic rings. The van der Waals surface area contributed by atoms with Crippen LogP contribution in [0.15, 0.2) is 36.8 Å². The van der Waals surface area contributed by atoms with Crippen molar-refractivity contribution in [2.45, 2.75) is 33.1 Å². The number of likely N-dealkylation sites (tertiary alicyclic amines) is 1. The predicted octanol–water partition coefficient (Wildman–Crippen LogP) is 3.51. The molecular weight excluding hydrogens is 362 g/mol. The summed E-state index contributed by atoms with van der Waals surface area (Å²) in [5, 5.41) is 5.20. The lowest BCUT2D eigenvalue weighted by molar-refractivity contribution is -0.124. The first-order valence-electron chi connectivity index (χ1n) is 10.5. The predicted molar refractivity (Wildman–Crippen MR) is 114 cm³/mol. The van der Waals surface area contributed by atoms with Crippen LogP contribution in [0, 0.1) is 11.8 Å². The van der Waals surface area contributed by atoms with Crippen LogP contribution in [-0.2, 0) is 18.3 Å². The fourth-order valence-electron chi connectivity index (χ4n) is 4.19. The van der Waals surface area contributed by atoms with E-state index in [2.05, 4.69) is 28.8 Å². The van der Waals surface area contributed by atoms with Gasteiger partial charge in [-0.05, 0) is 43.5 Å². The number of hydrogen-bond donors (Lipinski definition) is 0. The van der Waals surface area contributed by atoms with Crippen molar-refractivity contribution in [1.29, 1.82) is 0 Å². The third kappa shape index (κ3) is 4.70. The number of nitrogens with zero attached hydrogens (tertiary/aromatic N) is 5. The smallest absolute Gasteiger partial charge is 0.143 e. The number of rotatable bonds is 6. The molecule has 0 aliphatic carbocycles. The molecule has 0 N–H and O–H groups in total. The fourth-order valence-corrected chi connectivity index (χ4v) is 4.19. The average molecular weight is 392 g/mol. The van der Waals surface area contributed by atoms with Crippen LogP contribution in [-0.4, -0.2) is 50.1 Å². The molecule has 1 saturated heterocycles. The highest BCUT2D eigenvalue weighted by Gasteiger charge is 2.26. The summed E-state index contributed by atoms with van der Waals surface area (Å²) in [5.41, 5.74) is 3.54. The Labute approximate surface area is 172 Å². The molecule has 0 radical (unpaired) electrons. The van der Waals surface area contributed by atoms with E-state index in [1.165, 1.54) is 0 Å². The minimum Gasteiger partial charge on any atom is -0.302 e. The molecule has 3 aromatic heterocycles. The average Bonchev–Trinajstić information content (AvgIpc) is 3.13. The molecule has 29 heavy (non-hydrogen) atoms. The van der Waals surface area contributed by atoms with Crippen molar-refractivity contribution in [3.8, 4) is 11.3 Å². The summed E-state index contributed by atoms with van der Waals surface area (Å²) in [7, 11) is 1.89. The SMILES string of the molecule is CC(C)CN1CCC[C@@H](C(=O)Cc2cc3nc(-c4cnn(C)c4)ccc3cn2)C1. The van der Waals surface area contributed by atoms with E-state index in [1.807, 2.05) is 43.8 Å². The normalized spacial score (nSPS) is 17.9. The monoisotopic (exact) mass is 391 g/mol. The van der Waals surface area contributed by atoms with Gasteiger partial charge >= 0.3 is 0 Å². The maximum absolute atomic E-state index is 12.9. The van der Waals surface area contributed by atoms with Gasteiger partial charge in [0.2, 0.25) is 0 Å². The van der Waals surface area contributed by atoms with Crippen molar-refractivity contribution < 1.29 is 4.79 Å². The van der Waals surface area contributed by atoms with E-state index in [9.17, 15) is 4.79 Å². The third-order valence-corrected chi connectivity index (χ3v) is 5.57. The Morgan fingerprint density at radius 2 is 2.14 bits per heavy atom. The van der Waals surface area contributed by atoms with E-state index >= 15 is 0 Å². The van der Waals surface area contributed by atoms with E-state index in [0.29, 0.717) is 18.1 Å². The van der Waals surface area contributed by atoms with Crippen LogP contribution >= 0.6 is 0 Å². The van der Waals surface area contributed by atoms with Crippen LogP contribution in [0.2, 0.25) is 0 Å². The number of hydrogen-bond acceptors (Lipinski definition) is 5. The molecule has 1 aliphatic heterocycles. The Hall–Kier alpha value is -2.60. The van der Waals surface area contributed by atoms with Gasteiger partial charge in [0.15, 0.2) is 0 Å². The lowest BCUT2D eigenvalue weighted by Gasteiger charge is -2.33. The van der Waals surface area contributed by atoms with Crippen LogP contribution < -0.4 is 0 Å². The van der Waals surface area contributed by atoms with Gasteiger partial charge in [-0.15, -0.1) is 0 Å². The van der Waals surface area contributed by atoms with Gasteiger partial charge in [0.1, 0.15) is 5.78 Å². The first-order valence-corrected chi connectivity index (χ1v) is 10.5. The number of aromatic nitrogens is 4. The molecule has 4 rings (SSSR count). The molecule has 4 heterocycles. The van der Waals surface area contributed by atoms with E-state index in [1.54, 1.807) is 4.68 Å². The standard InChI is InChI=1S/C23H29N5O/c1-16(2)13-28-8-4-5-18(15-28)23(29)10-20-9-22-17(11-24-20)6-7-21(26-22)19-12-25-27(3)14-19/h6-7,9,11-12,14,16,18H,4-5,8,10,13,15H2,1-3H3/t18-/m1/s1. The van der Waals surface area contributed by atoms with Crippen molar-refractivity contribution in [1.82, 2.24) is 24.6 Å². The number of Topliss-reactive ketones (excluding diaryl/α,β-unsaturated/α-hetero) is 1. The zero-order valence-corrected chi connectivity index (χ0v) is 17.5. The molecule has 152 valence electrons. The number of fused-ring (bicyclic) bond motifs is 1. The van der Waals surface area contributed by atoms with E-state index in [-0.39, 0.29) is 5.92 Å². The van der Waals surface area contributed by atoms with Gasteiger partial charge in [-0.25, -0.2) is 4.98 Å². The van der Waals surface area contributed by atoms with Gasteiger partial charge in [-0.3, -0.25) is 14.5 Å². The first-order chi connectivity index (χ1) is 14.0. The molecular formula is C23H29N5O. The number of piperidine rings is 1. The van der Waals surface area contributed by atoms with Crippen molar-refractivity contribution in [2.24, 2.45) is 18.9 Å². The van der Waals surface area contributed by atoms with Crippen molar-refractivity contribution in [3.63, 3.8) is 0 Å². The van der Waals surface area contributed by atoms with Crippen molar-refractivity contribution in [3.05, 3.63) is 42.5 Å². The Morgan fingerprint density at radius 1 is 1.28 bits per heavy atom. The topological polar surface area (TPSA) is 63.9 Å². The maximum atomic E-state index is 12.9. The first kappa shape index (κ1) is 19.7. The number of pyridine rings is 2. The molecule has 1 fully saturated rings. The molecule has 0 amide bonds. The summed E-state index contributed by atoms with van der Waals surface area (Å²) in [6.07, 6.45) is 8.06. The molecule has 6 heteroatoms. The Morgan fingerprint density at radius 3 is 2.90 bits per heavy atom. The second-order valence-electron chi connectivity index (χ2n) is 8.60. The van der Waals surface area contributed by atoms with Crippen LogP contribution in [0.25, 0.3) is 22.2 Å². The maximum Gasteiger partial charge on any atom is 0.143 e. The fraction of sp³-hybridized carbons (Fsp3) is 0.478. The number of ketones is 1. The molecule has 0 bridgehead atoms. The molecule has 6 nitrogen and oxygen atoms in total. The summed E-state index contributed by atoms with van der Waals surface area (Å²) in [5.74, 6) is 1.05. The van der Waals surface area contributed by atoms with Crippen LogP contribution in [0.1, 0.15) is 32.4 Å². The Kier molecular flexibility index (Phi) is 5.72. The van der Waals surface area contributed by atoms with E-state index in [4.69, 9.17) is 4.98 Å². The van der Waals surface area contributed by atoms with Crippen LogP contribution in [0.5, 0.6) is 0 Å². The lowest BCUT2D eigenvalue weighted by Crippen LogP contribution is -2.40. The Bertz CT molecular complexity index is 1010. The molecule has 0 saturated carbocycles. The molecule has 0 spiro atoms. The minimum atomic E-state index is 0.120. The highest BCUT2D eigenvalue weighted by molar-refractivity contribution is 5.85. The zero-order chi connectivity index (χ0) is 20.4. The number of carbonyl (C=O) groups is 1. The highest BCUT2D eigenvalue weighted by atomic mass is 16.1. The van der Waals surface area contributed by atoms with Gasteiger partial charge in [-0.2, -0.15) is 5.10 Å². The second-order valence-corrected chi connectivity index (χ2v) is 8.60. The lowest BCUT2D eigenvalue weighted by atomic mass is 9.91. The largest absolute Gasteiger partial charge is 0.302 e. The molecule has 0 aromatic carbocycles. The quantitative estimate of drug-likeness (QED) is 0.643. The summed E-state index contributed by atoms with van der Waals surface area (Å²) < 4.78 is 1.77. The van der Waals surface area contributed by atoms with Crippen LogP contribution in [0.3, 0.4) is 0 Å². The van der Waals surface area contributed by atoms with Gasteiger partial charge < -0.3 is 4.90 Å². The van der Waals surface area contributed by atoms with Gasteiger partial charge in [0.05, 0.1) is 17.4 Å². The van der Waals surface area contributed by atoms with E-state index < -0.39 is 0 Å². The van der Waals surface area contributed by atoms with Gasteiger partial charge in [-0.1, -0.05) is 13.8 Å². The summed E-state index contributed by atoms with van der Waals surface area (Å²) in [4.78, 5) is 24.7. The summed E-state index contributed by atoms with van der Waals surface area (Å²) in [6.45, 7) is 7.53. The van der Waals surface area contributed by atoms with Crippen molar-refractivity contribution >= 4 is 16.7 Å². The number of carbonyl (C=O) groups excluding carboxylic acids is 1. The summed E-state index contributed by atoms with van der Waals surface area (Å²) >= 11 is 0. The summed E-state index contributed by atoms with van der Waals surface area (Å²) in [6, 6.07) is 5.97. The molecule has 1 aliphatic rings. The van der Waals surface area contributed by atoms with Gasteiger partial charge in [0, 0.05) is 61.5 Å². The third-order valence-electron chi connectivity index (χ3n) is 5.57. The Balaban J connectivity index is 1.49. The highest BCUT2D eigenvalue weighted by Crippen LogP contribution is 2.23. The molecule has 0 unspecified atom stereocenters. The van der Waals surface area contributed by atoms with Crippen molar-refractivity contribution in [2.75, 3.05) is 19.6 Å². The number of aryl methyl sites for hydroxylation is 1. The zero-order valence-electron chi connectivity index (χ0n) is 17.5. The molecule has 1 atom stereocenters. The van der Waals surface area contributed by atoms with E-state index in [0.717, 1.165) is 60.3 Å². The second kappa shape index (κ2) is 8.41. The minimum absolute atomic E-state index is 0.120. The van der Waals surface area contributed by atoms with Gasteiger partial charge in [0.25, 0.3) is 0 Å².